The lowest BCUT2D eigenvalue weighted by atomic mass is 9.67. The maximum Gasteiger partial charge on any atom is 0.0714 e. The minimum atomic E-state index is -0.511. The largest absolute Gasteiger partial charge is 0.310 e. The van der Waals surface area contributed by atoms with Crippen LogP contribution in [-0.4, -0.2) is 0 Å². The molecule has 0 fully saturated rings. The summed E-state index contributed by atoms with van der Waals surface area (Å²) in [5.41, 5.74) is 23.6. The molecule has 9 aromatic rings. The fourth-order valence-corrected chi connectivity index (χ4v) is 11.6. The third-order valence-corrected chi connectivity index (χ3v) is 14.6. The Kier molecular flexibility index (Phi) is 7.91. The van der Waals surface area contributed by atoms with Crippen molar-refractivity contribution in [2.24, 2.45) is 0 Å². The first kappa shape index (κ1) is 36.6. The summed E-state index contributed by atoms with van der Waals surface area (Å²) in [5, 5.41) is 0. The second-order valence-corrected chi connectivity index (χ2v) is 18.4. The molecule has 0 amide bonds. The number of hydrogen-bond acceptors (Lipinski definition) is 1. The van der Waals surface area contributed by atoms with E-state index in [1.54, 1.807) is 0 Å². The van der Waals surface area contributed by atoms with Crippen LogP contribution in [0.4, 0.5) is 17.1 Å². The van der Waals surface area contributed by atoms with Crippen molar-refractivity contribution in [3.8, 4) is 44.5 Å². The average Bonchev–Trinajstić information content (AvgIpc) is 3.84. The van der Waals surface area contributed by atoms with E-state index in [1.807, 2.05) is 0 Å². The molecular formula is C61H47N. The third-order valence-electron chi connectivity index (χ3n) is 14.6. The third kappa shape index (κ3) is 5.03. The van der Waals surface area contributed by atoms with Gasteiger partial charge in [0.05, 0.1) is 5.41 Å². The van der Waals surface area contributed by atoms with Gasteiger partial charge in [0, 0.05) is 27.9 Å². The van der Waals surface area contributed by atoms with Gasteiger partial charge in [0.25, 0.3) is 0 Å². The Labute approximate surface area is 365 Å². The summed E-state index contributed by atoms with van der Waals surface area (Å²) in [6.07, 6.45) is 0. The standard InChI is InChI=1S/C61H47N/c1-59(2)53-36-33-43(37-51(53)58-46(27-18-30-55(58)59)40-19-8-5-9-20-40)62(44-31-34-49-47-25-14-16-28-52(47)60(3,4)56(49)38-44)45-32-35-50-48-26-15-17-29-54(48)61(57(50)39-45,41-21-10-6-11-22-41)42-23-12-7-13-24-42/h5-39H,1-4H3. The Morgan fingerprint density at radius 2 is 0.726 bits per heavy atom. The van der Waals surface area contributed by atoms with Gasteiger partial charge in [-0.1, -0.05) is 204 Å². The van der Waals surface area contributed by atoms with Gasteiger partial charge >= 0.3 is 0 Å². The number of rotatable bonds is 6. The van der Waals surface area contributed by atoms with Crippen LogP contribution in [0.1, 0.15) is 72.2 Å². The van der Waals surface area contributed by atoms with Gasteiger partial charge in [0.15, 0.2) is 0 Å². The topological polar surface area (TPSA) is 3.24 Å². The highest BCUT2D eigenvalue weighted by atomic mass is 15.1. The predicted octanol–water partition coefficient (Wildman–Crippen LogP) is 15.8. The van der Waals surface area contributed by atoms with E-state index in [0.29, 0.717) is 0 Å². The van der Waals surface area contributed by atoms with E-state index in [2.05, 4.69) is 245 Å². The van der Waals surface area contributed by atoms with Crippen LogP contribution in [0.5, 0.6) is 0 Å². The molecule has 0 atom stereocenters. The fraction of sp³-hybridized carbons (Fsp3) is 0.115. The van der Waals surface area contributed by atoms with Crippen LogP contribution in [0.25, 0.3) is 44.5 Å². The summed E-state index contributed by atoms with van der Waals surface area (Å²) in [7, 11) is 0. The monoisotopic (exact) mass is 793 g/mol. The van der Waals surface area contributed by atoms with Gasteiger partial charge in [-0.15, -0.1) is 0 Å². The van der Waals surface area contributed by atoms with Crippen molar-refractivity contribution in [1.82, 2.24) is 0 Å². The Balaban J connectivity index is 1.13. The van der Waals surface area contributed by atoms with Gasteiger partial charge < -0.3 is 4.90 Å². The summed E-state index contributed by atoms with van der Waals surface area (Å²) in [5.74, 6) is 0. The first-order valence-corrected chi connectivity index (χ1v) is 22.0. The Bertz CT molecular complexity index is 3190. The molecule has 0 bridgehead atoms. The zero-order valence-electron chi connectivity index (χ0n) is 35.7. The number of fused-ring (bicyclic) bond motifs is 9. The molecule has 0 N–H and O–H groups in total. The molecule has 3 aliphatic rings. The maximum atomic E-state index is 2.53. The SMILES string of the molecule is CC1(C)c2ccccc2-c2ccc(N(c3ccc4c(c3)-c3c(-c5ccccc5)cccc3C4(C)C)c3ccc4c(c3)C(c3ccccc3)(c3ccccc3)c3ccccc3-4)cc21. The molecule has 0 aliphatic heterocycles. The highest BCUT2D eigenvalue weighted by Crippen LogP contribution is 2.59. The molecule has 0 heterocycles. The molecular weight excluding hydrogens is 747 g/mol. The second kappa shape index (κ2) is 13.4. The molecule has 3 aliphatic carbocycles. The van der Waals surface area contributed by atoms with Crippen LogP contribution in [0.3, 0.4) is 0 Å². The van der Waals surface area contributed by atoms with Crippen LogP contribution in [0.15, 0.2) is 212 Å². The Morgan fingerprint density at radius 3 is 1.39 bits per heavy atom. The normalized spacial score (nSPS) is 15.2. The quantitative estimate of drug-likeness (QED) is 0.162. The minimum absolute atomic E-state index is 0.144. The highest BCUT2D eigenvalue weighted by Gasteiger charge is 2.46. The number of benzene rings is 9. The van der Waals surface area contributed by atoms with Gasteiger partial charge in [-0.3, -0.25) is 0 Å². The molecule has 0 saturated carbocycles. The van der Waals surface area contributed by atoms with Crippen molar-refractivity contribution in [3.05, 3.63) is 257 Å². The number of anilines is 3. The Morgan fingerprint density at radius 1 is 0.290 bits per heavy atom. The van der Waals surface area contributed by atoms with Crippen molar-refractivity contribution in [2.45, 2.75) is 43.9 Å². The van der Waals surface area contributed by atoms with E-state index in [9.17, 15) is 0 Å². The van der Waals surface area contributed by atoms with Gasteiger partial charge in [-0.05, 0) is 125 Å². The van der Waals surface area contributed by atoms with Gasteiger partial charge in [0.2, 0.25) is 0 Å². The van der Waals surface area contributed by atoms with Crippen molar-refractivity contribution in [3.63, 3.8) is 0 Å². The summed E-state index contributed by atoms with van der Waals surface area (Å²) >= 11 is 0. The van der Waals surface area contributed by atoms with Crippen LogP contribution >= 0.6 is 0 Å². The van der Waals surface area contributed by atoms with Crippen LogP contribution in [0, 0.1) is 0 Å². The Hall–Kier alpha value is -7.22. The number of hydrogen-bond donors (Lipinski definition) is 0. The zero-order valence-corrected chi connectivity index (χ0v) is 35.7. The van der Waals surface area contributed by atoms with Crippen molar-refractivity contribution >= 4 is 17.1 Å². The lowest BCUT2D eigenvalue weighted by Gasteiger charge is -2.35. The molecule has 296 valence electrons. The van der Waals surface area contributed by atoms with Gasteiger partial charge in [0.1, 0.15) is 0 Å². The molecule has 0 unspecified atom stereocenters. The van der Waals surface area contributed by atoms with Crippen molar-refractivity contribution in [1.29, 1.82) is 0 Å². The molecule has 9 aromatic carbocycles. The van der Waals surface area contributed by atoms with E-state index in [4.69, 9.17) is 0 Å². The molecule has 1 heteroatoms. The zero-order chi connectivity index (χ0) is 41.8. The molecule has 12 rings (SSSR count). The van der Waals surface area contributed by atoms with E-state index in [0.717, 1.165) is 17.1 Å². The molecule has 0 spiro atoms. The fourth-order valence-electron chi connectivity index (χ4n) is 11.6. The van der Waals surface area contributed by atoms with Gasteiger partial charge in [-0.2, -0.15) is 0 Å². The van der Waals surface area contributed by atoms with Gasteiger partial charge in [-0.25, -0.2) is 0 Å². The molecule has 1 nitrogen and oxygen atoms in total. The van der Waals surface area contributed by atoms with Crippen LogP contribution in [0.2, 0.25) is 0 Å². The van der Waals surface area contributed by atoms with E-state index < -0.39 is 5.41 Å². The summed E-state index contributed by atoms with van der Waals surface area (Å²) < 4.78 is 0. The highest BCUT2D eigenvalue weighted by molar-refractivity contribution is 5.96. The second-order valence-electron chi connectivity index (χ2n) is 18.4. The van der Waals surface area contributed by atoms with Crippen molar-refractivity contribution in [2.75, 3.05) is 4.90 Å². The lowest BCUT2D eigenvalue weighted by molar-refractivity contribution is 0.660. The predicted molar refractivity (Wildman–Crippen MR) is 259 cm³/mol. The summed E-state index contributed by atoms with van der Waals surface area (Å²) in [4.78, 5) is 2.53. The molecule has 0 radical (unpaired) electrons. The van der Waals surface area contributed by atoms with Crippen LogP contribution in [-0.2, 0) is 16.2 Å². The molecule has 0 aromatic heterocycles. The lowest BCUT2D eigenvalue weighted by Crippen LogP contribution is -2.28. The van der Waals surface area contributed by atoms with Crippen LogP contribution < -0.4 is 4.90 Å². The first-order chi connectivity index (χ1) is 30.3. The van der Waals surface area contributed by atoms with E-state index in [-0.39, 0.29) is 10.8 Å². The summed E-state index contributed by atoms with van der Waals surface area (Å²) in [6.45, 7) is 9.53. The summed E-state index contributed by atoms with van der Waals surface area (Å²) in [6, 6.07) is 79.7. The average molecular weight is 794 g/mol. The van der Waals surface area contributed by atoms with Crippen molar-refractivity contribution < 1.29 is 0 Å². The molecule has 0 saturated heterocycles. The smallest absolute Gasteiger partial charge is 0.0714 e. The minimum Gasteiger partial charge on any atom is -0.310 e. The van der Waals surface area contributed by atoms with E-state index in [1.165, 1.54) is 89.0 Å². The molecule has 62 heavy (non-hydrogen) atoms. The number of nitrogens with zero attached hydrogens (tertiary/aromatic N) is 1. The van der Waals surface area contributed by atoms with E-state index >= 15 is 0 Å². The first-order valence-electron chi connectivity index (χ1n) is 22.0. The maximum absolute atomic E-state index is 2.53.